The third kappa shape index (κ3) is 1.54. The van der Waals surface area contributed by atoms with Crippen molar-refractivity contribution in [2.45, 2.75) is 6.54 Å². The number of aliphatic carboxylic acids is 1. The smallest absolute Gasteiger partial charge is 0.456 e. The monoisotopic (exact) mass is 172 g/mol. The summed E-state index contributed by atoms with van der Waals surface area (Å²) in [5.74, 6) is -1.78. The van der Waals surface area contributed by atoms with E-state index in [-0.39, 0.29) is 0 Å². The number of nitrogens with zero attached hydrogens (tertiary/aromatic N) is 4. The van der Waals surface area contributed by atoms with E-state index < -0.39 is 23.4 Å². The minimum atomic E-state index is -1.20. The first-order valence-corrected chi connectivity index (χ1v) is 2.85. The molecule has 0 aliphatic heterocycles. The first-order chi connectivity index (χ1) is 5.61. The number of hydrogen-bond acceptors (Lipinski definition) is 5. The zero-order valence-electron chi connectivity index (χ0n) is 5.75. The first kappa shape index (κ1) is 8.11. The largest absolute Gasteiger partial charge is 0.479 e. The molecule has 8 heteroatoms. The third-order valence-electron chi connectivity index (χ3n) is 1.04. The van der Waals surface area contributed by atoms with E-state index in [9.17, 15) is 14.9 Å². The van der Waals surface area contributed by atoms with Gasteiger partial charge >= 0.3 is 11.9 Å². The molecule has 1 heterocycles. The van der Waals surface area contributed by atoms with Gasteiger partial charge in [-0.1, -0.05) is 10.1 Å². The molecule has 1 aromatic rings. The maximum absolute atomic E-state index is 10.2. The molecule has 1 N–H and O–H groups in total. The number of aromatic nitrogens is 3. The fourth-order valence-corrected chi connectivity index (χ4v) is 0.639. The molecular formula is C4H4N4O4. The Morgan fingerprint density at radius 3 is 3.00 bits per heavy atom. The highest BCUT2D eigenvalue weighted by Gasteiger charge is 2.17. The number of carbonyl (C=O) groups is 1. The Balaban J connectivity index is 2.91. The lowest BCUT2D eigenvalue weighted by Gasteiger charge is -1.93. The molecule has 0 fully saturated rings. The summed E-state index contributed by atoms with van der Waals surface area (Å²) in [6.45, 7) is -0.559. The zero-order chi connectivity index (χ0) is 9.14. The van der Waals surface area contributed by atoms with Crippen molar-refractivity contribution in [3.05, 3.63) is 16.4 Å². The highest BCUT2D eigenvalue weighted by Crippen LogP contribution is 2.03. The summed E-state index contributed by atoms with van der Waals surface area (Å²) in [6, 6.07) is 0. The Kier molecular flexibility index (Phi) is 1.99. The van der Waals surface area contributed by atoms with Gasteiger partial charge in [0.2, 0.25) is 6.33 Å². The third-order valence-corrected chi connectivity index (χ3v) is 1.04. The highest BCUT2D eigenvalue weighted by atomic mass is 16.6. The number of rotatable bonds is 3. The Labute approximate surface area is 65.6 Å². The minimum Gasteiger partial charge on any atom is -0.479 e. The maximum Gasteiger partial charge on any atom is 0.456 e. The van der Waals surface area contributed by atoms with Crippen LogP contribution in [0.4, 0.5) is 5.95 Å². The lowest BCUT2D eigenvalue weighted by molar-refractivity contribution is -0.397. The zero-order valence-corrected chi connectivity index (χ0v) is 5.75. The molecule has 1 aromatic heterocycles. The summed E-state index contributed by atoms with van der Waals surface area (Å²) in [6.07, 6.45) is 0.932. The van der Waals surface area contributed by atoms with Crippen LogP contribution >= 0.6 is 0 Å². The second-order valence-corrected chi connectivity index (χ2v) is 1.87. The average Bonchev–Trinajstić information content (AvgIpc) is 2.33. The van der Waals surface area contributed by atoms with E-state index in [1.54, 1.807) is 0 Å². The summed E-state index contributed by atoms with van der Waals surface area (Å²) in [5.41, 5.74) is 0. The van der Waals surface area contributed by atoms with Crippen molar-refractivity contribution >= 4 is 11.9 Å². The van der Waals surface area contributed by atoms with Crippen LogP contribution in [0.3, 0.4) is 0 Å². The van der Waals surface area contributed by atoms with Crippen LogP contribution in [0.5, 0.6) is 0 Å². The topological polar surface area (TPSA) is 111 Å². The Hall–Kier alpha value is -1.99. The minimum absolute atomic E-state index is 0.559. The Morgan fingerprint density at radius 2 is 2.50 bits per heavy atom. The maximum atomic E-state index is 10.2. The molecule has 1 rings (SSSR count). The van der Waals surface area contributed by atoms with Crippen molar-refractivity contribution in [2.75, 3.05) is 0 Å². The van der Waals surface area contributed by atoms with E-state index in [1.165, 1.54) is 0 Å². The SMILES string of the molecule is O=C(O)Cn1ncnc1[N+](=O)[O-]. The summed E-state index contributed by atoms with van der Waals surface area (Å²) in [7, 11) is 0. The van der Waals surface area contributed by atoms with Crippen LogP contribution in [-0.4, -0.2) is 30.8 Å². The van der Waals surface area contributed by atoms with Gasteiger partial charge in [-0.25, -0.2) is 4.79 Å². The van der Waals surface area contributed by atoms with Crippen molar-refractivity contribution in [3.8, 4) is 0 Å². The van der Waals surface area contributed by atoms with Crippen molar-refractivity contribution < 1.29 is 14.8 Å². The molecule has 0 aliphatic carbocycles. The van der Waals surface area contributed by atoms with E-state index in [1.807, 2.05) is 0 Å². The van der Waals surface area contributed by atoms with Crippen molar-refractivity contribution in [3.63, 3.8) is 0 Å². The van der Waals surface area contributed by atoms with Gasteiger partial charge in [-0.3, -0.25) is 0 Å². The molecule has 0 saturated heterocycles. The molecule has 12 heavy (non-hydrogen) atoms. The van der Waals surface area contributed by atoms with Crippen LogP contribution in [0.15, 0.2) is 6.33 Å². The molecular weight excluding hydrogens is 168 g/mol. The Bertz CT molecular complexity index is 319. The lowest BCUT2D eigenvalue weighted by atomic mass is 10.7. The second-order valence-electron chi connectivity index (χ2n) is 1.87. The van der Waals surface area contributed by atoms with Gasteiger partial charge in [0.15, 0.2) is 6.54 Å². The average molecular weight is 172 g/mol. The van der Waals surface area contributed by atoms with Gasteiger partial charge in [0, 0.05) is 0 Å². The van der Waals surface area contributed by atoms with E-state index in [2.05, 4.69) is 10.1 Å². The molecule has 0 aliphatic rings. The van der Waals surface area contributed by atoms with Gasteiger partial charge in [-0.2, -0.15) is 0 Å². The number of hydrogen-bond donors (Lipinski definition) is 1. The fourth-order valence-electron chi connectivity index (χ4n) is 0.639. The van der Waals surface area contributed by atoms with Crippen LogP contribution in [0.25, 0.3) is 0 Å². The molecule has 0 saturated carbocycles. The van der Waals surface area contributed by atoms with Gasteiger partial charge in [0.1, 0.15) is 0 Å². The van der Waals surface area contributed by atoms with E-state index in [0.29, 0.717) is 4.68 Å². The molecule has 0 aromatic carbocycles. The van der Waals surface area contributed by atoms with Gasteiger partial charge in [0.05, 0.1) is 0 Å². The normalized spacial score (nSPS) is 9.67. The Morgan fingerprint density at radius 1 is 1.83 bits per heavy atom. The highest BCUT2D eigenvalue weighted by molar-refractivity contribution is 5.66. The van der Waals surface area contributed by atoms with Gasteiger partial charge in [-0.05, 0) is 4.92 Å². The number of carboxylic acids is 1. The van der Waals surface area contributed by atoms with Crippen LogP contribution in [0.2, 0.25) is 0 Å². The van der Waals surface area contributed by atoms with E-state index in [0.717, 1.165) is 6.33 Å². The standard InChI is InChI=1S/C4H4N4O4/c9-3(10)1-7-4(8(11)12)5-2-6-7/h2H,1H2,(H,9,10). The van der Waals surface area contributed by atoms with Gasteiger partial charge < -0.3 is 15.2 Å². The van der Waals surface area contributed by atoms with Crippen LogP contribution in [0, 0.1) is 10.1 Å². The fraction of sp³-hybridized carbons (Fsp3) is 0.250. The van der Waals surface area contributed by atoms with Gasteiger partial charge in [-0.15, -0.1) is 4.68 Å². The molecule has 0 atom stereocenters. The van der Waals surface area contributed by atoms with Crippen LogP contribution in [-0.2, 0) is 11.3 Å². The van der Waals surface area contributed by atoms with Crippen molar-refractivity contribution in [1.82, 2.24) is 14.8 Å². The van der Waals surface area contributed by atoms with Crippen LogP contribution < -0.4 is 0 Å². The summed E-state index contributed by atoms with van der Waals surface area (Å²) in [4.78, 5) is 22.7. The quantitative estimate of drug-likeness (QED) is 0.475. The van der Waals surface area contributed by atoms with Crippen molar-refractivity contribution in [2.24, 2.45) is 0 Å². The number of nitro groups is 1. The number of carboxylic acid groups (broad SMARTS) is 1. The molecule has 64 valence electrons. The van der Waals surface area contributed by atoms with Crippen LogP contribution in [0.1, 0.15) is 0 Å². The van der Waals surface area contributed by atoms with E-state index >= 15 is 0 Å². The summed E-state index contributed by atoms with van der Waals surface area (Å²) >= 11 is 0. The molecule has 8 nitrogen and oxygen atoms in total. The molecule has 0 spiro atoms. The van der Waals surface area contributed by atoms with E-state index in [4.69, 9.17) is 5.11 Å². The molecule has 0 amide bonds. The lowest BCUT2D eigenvalue weighted by Crippen LogP contribution is -2.12. The molecule has 0 unspecified atom stereocenters. The van der Waals surface area contributed by atoms with Gasteiger partial charge in [0.25, 0.3) is 0 Å². The first-order valence-electron chi connectivity index (χ1n) is 2.85. The second kappa shape index (κ2) is 2.95. The summed E-state index contributed by atoms with van der Waals surface area (Å²) < 4.78 is 0.697. The predicted molar refractivity (Wildman–Crippen MR) is 34.3 cm³/mol. The molecule has 0 radical (unpaired) electrons. The predicted octanol–water partition coefficient (Wildman–Crippen LogP) is -0.729. The summed E-state index contributed by atoms with van der Waals surface area (Å²) in [5, 5.41) is 21.8. The molecule has 0 bridgehead atoms. The van der Waals surface area contributed by atoms with Crippen molar-refractivity contribution in [1.29, 1.82) is 0 Å².